The van der Waals surface area contributed by atoms with Crippen molar-refractivity contribution in [2.24, 2.45) is 0 Å². The Bertz CT molecular complexity index is 66.6. The number of halogens is 1. The molecule has 1 atom stereocenters. The highest BCUT2D eigenvalue weighted by Crippen LogP contribution is 2.02. The van der Waals surface area contributed by atoms with Gasteiger partial charge in [0.1, 0.15) is 6.79 Å². The molecule has 0 aliphatic rings. The zero-order valence-electron chi connectivity index (χ0n) is 6.60. The molecule has 0 saturated heterocycles. The van der Waals surface area contributed by atoms with Gasteiger partial charge in [-0.2, -0.15) is 0 Å². The van der Waals surface area contributed by atoms with Crippen molar-refractivity contribution in [1.82, 2.24) is 0 Å². The summed E-state index contributed by atoms with van der Waals surface area (Å²) in [6.45, 7) is 3.11. The van der Waals surface area contributed by atoms with Crippen molar-refractivity contribution in [1.29, 1.82) is 0 Å². The summed E-state index contributed by atoms with van der Waals surface area (Å²) >= 11 is 5.70. The zero-order valence-corrected chi connectivity index (χ0v) is 7.36. The van der Waals surface area contributed by atoms with Crippen LogP contribution in [0.2, 0.25) is 0 Å². The molecule has 0 rings (SSSR count). The number of ether oxygens (including phenoxy) is 2. The summed E-state index contributed by atoms with van der Waals surface area (Å²) in [5, 5.41) is 0.256. The summed E-state index contributed by atoms with van der Waals surface area (Å²) in [6.07, 6.45) is 2.01. The maximum atomic E-state index is 5.70. The number of hydrogen-bond acceptors (Lipinski definition) is 2. The second-order valence-electron chi connectivity index (χ2n) is 2.24. The second kappa shape index (κ2) is 7.32. The number of methoxy groups -OCH3 is 1. The third kappa shape index (κ3) is 8.21. The van der Waals surface area contributed by atoms with Crippen LogP contribution in [0, 0.1) is 0 Å². The Kier molecular flexibility index (Phi) is 7.47. The molecule has 0 aliphatic carbocycles. The average molecular weight is 167 g/mol. The van der Waals surface area contributed by atoms with Crippen LogP contribution in [-0.4, -0.2) is 25.9 Å². The Hall–Kier alpha value is 0.210. The van der Waals surface area contributed by atoms with Gasteiger partial charge in [-0.1, -0.05) is 0 Å². The van der Waals surface area contributed by atoms with Crippen molar-refractivity contribution in [3.05, 3.63) is 0 Å². The molecule has 0 aromatic rings. The quantitative estimate of drug-likeness (QED) is 0.342. The third-order valence-electron chi connectivity index (χ3n) is 1.09. The normalized spacial score (nSPS) is 13.5. The van der Waals surface area contributed by atoms with Gasteiger partial charge in [0, 0.05) is 19.1 Å². The molecular formula is C7H15ClO2. The standard InChI is InChI=1S/C7H15ClO2/c1-7(8)4-3-5-10-6-9-2/h7H,3-6H2,1-2H3. The predicted molar refractivity (Wildman–Crippen MR) is 42.4 cm³/mol. The Morgan fingerprint density at radius 1 is 1.50 bits per heavy atom. The van der Waals surface area contributed by atoms with Gasteiger partial charge in [-0.05, 0) is 19.8 Å². The predicted octanol–water partition coefficient (Wildman–Crippen LogP) is 2.01. The van der Waals surface area contributed by atoms with E-state index in [1.807, 2.05) is 6.92 Å². The molecule has 0 spiro atoms. The molecule has 1 unspecified atom stereocenters. The van der Waals surface area contributed by atoms with Crippen LogP contribution >= 0.6 is 11.6 Å². The van der Waals surface area contributed by atoms with Crippen LogP contribution < -0.4 is 0 Å². The van der Waals surface area contributed by atoms with Crippen LogP contribution in [0.3, 0.4) is 0 Å². The summed E-state index contributed by atoms with van der Waals surface area (Å²) in [6, 6.07) is 0. The smallest absolute Gasteiger partial charge is 0.146 e. The van der Waals surface area contributed by atoms with E-state index in [4.69, 9.17) is 21.1 Å². The van der Waals surface area contributed by atoms with Gasteiger partial charge in [-0.25, -0.2) is 0 Å². The minimum absolute atomic E-state index is 0.256. The van der Waals surface area contributed by atoms with Gasteiger partial charge in [0.2, 0.25) is 0 Å². The zero-order chi connectivity index (χ0) is 7.82. The molecule has 0 fully saturated rings. The lowest BCUT2D eigenvalue weighted by atomic mass is 10.3. The Morgan fingerprint density at radius 2 is 2.20 bits per heavy atom. The summed E-state index contributed by atoms with van der Waals surface area (Å²) in [5.41, 5.74) is 0. The first-order valence-electron chi connectivity index (χ1n) is 3.48. The molecule has 0 aliphatic heterocycles. The lowest BCUT2D eigenvalue weighted by Crippen LogP contribution is -2.00. The molecular weight excluding hydrogens is 152 g/mol. The van der Waals surface area contributed by atoms with E-state index in [1.165, 1.54) is 0 Å². The number of hydrogen-bond donors (Lipinski definition) is 0. The van der Waals surface area contributed by atoms with Crippen LogP contribution in [-0.2, 0) is 9.47 Å². The molecule has 0 amide bonds. The van der Waals surface area contributed by atoms with Gasteiger partial charge in [0.25, 0.3) is 0 Å². The molecule has 10 heavy (non-hydrogen) atoms. The first kappa shape index (κ1) is 10.2. The van der Waals surface area contributed by atoms with E-state index in [0.717, 1.165) is 19.4 Å². The van der Waals surface area contributed by atoms with E-state index in [0.29, 0.717) is 6.79 Å². The monoisotopic (exact) mass is 166 g/mol. The van der Waals surface area contributed by atoms with Gasteiger partial charge in [0.15, 0.2) is 0 Å². The summed E-state index contributed by atoms with van der Waals surface area (Å²) in [4.78, 5) is 0. The van der Waals surface area contributed by atoms with Crippen molar-refractivity contribution >= 4 is 11.6 Å². The fourth-order valence-electron chi connectivity index (χ4n) is 0.609. The van der Waals surface area contributed by atoms with E-state index in [2.05, 4.69) is 0 Å². The molecule has 0 aromatic heterocycles. The molecule has 2 nitrogen and oxygen atoms in total. The van der Waals surface area contributed by atoms with Gasteiger partial charge in [0.05, 0.1) is 0 Å². The maximum Gasteiger partial charge on any atom is 0.146 e. The highest BCUT2D eigenvalue weighted by molar-refractivity contribution is 6.20. The van der Waals surface area contributed by atoms with E-state index in [1.54, 1.807) is 7.11 Å². The van der Waals surface area contributed by atoms with Crippen LogP contribution in [0.4, 0.5) is 0 Å². The van der Waals surface area contributed by atoms with Gasteiger partial charge < -0.3 is 9.47 Å². The molecule has 62 valence electrons. The van der Waals surface area contributed by atoms with Gasteiger partial charge >= 0.3 is 0 Å². The van der Waals surface area contributed by atoms with E-state index in [-0.39, 0.29) is 5.38 Å². The molecule has 0 N–H and O–H groups in total. The topological polar surface area (TPSA) is 18.5 Å². The summed E-state index contributed by atoms with van der Waals surface area (Å²) in [7, 11) is 1.62. The van der Waals surface area contributed by atoms with Crippen molar-refractivity contribution in [2.75, 3.05) is 20.5 Å². The van der Waals surface area contributed by atoms with Crippen LogP contribution in [0.25, 0.3) is 0 Å². The molecule has 0 radical (unpaired) electrons. The highest BCUT2D eigenvalue weighted by atomic mass is 35.5. The fourth-order valence-corrected chi connectivity index (χ4v) is 0.763. The van der Waals surface area contributed by atoms with Crippen molar-refractivity contribution < 1.29 is 9.47 Å². The summed E-state index contributed by atoms with van der Waals surface area (Å²) in [5.74, 6) is 0. The van der Waals surface area contributed by atoms with Gasteiger partial charge in [-0.15, -0.1) is 11.6 Å². The molecule has 3 heteroatoms. The van der Waals surface area contributed by atoms with Crippen molar-refractivity contribution in [2.45, 2.75) is 25.1 Å². The molecule has 0 heterocycles. The lowest BCUT2D eigenvalue weighted by Gasteiger charge is -2.03. The summed E-state index contributed by atoms with van der Waals surface area (Å²) < 4.78 is 9.75. The fraction of sp³-hybridized carbons (Fsp3) is 1.00. The second-order valence-corrected chi connectivity index (χ2v) is 2.98. The van der Waals surface area contributed by atoms with E-state index >= 15 is 0 Å². The lowest BCUT2D eigenvalue weighted by molar-refractivity contribution is -0.0314. The van der Waals surface area contributed by atoms with Crippen LogP contribution in [0.15, 0.2) is 0 Å². The van der Waals surface area contributed by atoms with E-state index < -0.39 is 0 Å². The SMILES string of the molecule is COCOCCCC(C)Cl. The van der Waals surface area contributed by atoms with Gasteiger partial charge in [-0.3, -0.25) is 0 Å². The Labute approximate surface area is 67.5 Å². The Balaban J connectivity index is 2.77. The largest absolute Gasteiger partial charge is 0.359 e. The minimum Gasteiger partial charge on any atom is -0.359 e. The third-order valence-corrected chi connectivity index (χ3v) is 1.31. The molecule has 0 saturated carbocycles. The average Bonchev–Trinajstić information content (AvgIpc) is 1.87. The van der Waals surface area contributed by atoms with Crippen LogP contribution in [0.1, 0.15) is 19.8 Å². The number of alkyl halides is 1. The van der Waals surface area contributed by atoms with Crippen molar-refractivity contribution in [3.8, 4) is 0 Å². The first-order valence-corrected chi connectivity index (χ1v) is 3.91. The molecule has 0 bridgehead atoms. The number of rotatable bonds is 6. The first-order chi connectivity index (χ1) is 4.77. The van der Waals surface area contributed by atoms with Crippen molar-refractivity contribution in [3.63, 3.8) is 0 Å². The Morgan fingerprint density at radius 3 is 2.70 bits per heavy atom. The van der Waals surface area contributed by atoms with E-state index in [9.17, 15) is 0 Å². The minimum atomic E-state index is 0.256. The molecule has 0 aromatic carbocycles. The van der Waals surface area contributed by atoms with Crippen LogP contribution in [0.5, 0.6) is 0 Å². The maximum absolute atomic E-state index is 5.70. The highest BCUT2D eigenvalue weighted by Gasteiger charge is 1.94.